The molecule has 0 radical (unpaired) electrons. The highest BCUT2D eigenvalue weighted by Crippen LogP contribution is 2.29. The molecule has 1 N–H and O–H groups in total. The second kappa shape index (κ2) is 12.0. The molecular formula is C28H36N4O3. The predicted octanol–water partition coefficient (Wildman–Crippen LogP) is 3.41. The lowest BCUT2D eigenvalue weighted by Gasteiger charge is -2.38. The molecule has 2 bridgehead atoms. The van der Waals surface area contributed by atoms with E-state index in [4.69, 9.17) is 4.74 Å². The first-order valence-electron chi connectivity index (χ1n) is 12.5. The molecule has 0 unspecified atom stereocenters. The Morgan fingerprint density at radius 3 is 2.86 bits per heavy atom. The maximum atomic E-state index is 13.4. The maximum Gasteiger partial charge on any atom is 0.236 e. The van der Waals surface area contributed by atoms with Gasteiger partial charge in [-0.1, -0.05) is 36.4 Å². The van der Waals surface area contributed by atoms with Crippen LogP contribution in [0.2, 0.25) is 0 Å². The normalized spacial score (nSPS) is 22.3. The summed E-state index contributed by atoms with van der Waals surface area (Å²) in [5, 5.41) is 3.01. The number of hydrogen-bond donors (Lipinski definition) is 1. The van der Waals surface area contributed by atoms with Crippen molar-refractivity contribution >= 4 is 11.8 Å². The molecule has 1 aromatic heterocycles. The highest BCUT2D eigenvalue weighted by atomic mass is 16.5. The lowest BCUT2D eigenvalue weighted by Crippen LogP contribution is -2.48. The average Bonchev–Trinajstić information content (AvgIpc) is 2.84. The van der Waals surface area contributed by atoms with Gasteiger partial charge in [0, 0.05) is 56.6 Å². The Kier molecular flexibility index (Phi) is 8.53. The first-order valence-corrected chi connectivity index (χ1v) is 12.5. The van der Waals surface area contributed by atoms with Crippen molar-refractivity contribution in [2.24, 2.45) is 11.8 Å². The molecule has 2 aliphatic rings. The zero-order valence-electron chi connectivity index (χ0n) is 20.7. The molecule has 186 valence electrons. The summed E-state index contributed by atoms with van der Waals surface area (Å²) in [6.07, 6.45) is 9.08. The molecule has 7 heteroatoms. The zero-order valence-corrected chi connectivity index (χ0v) is 20.7. The minimum atomic E-state index is 0.0777. The third-order valence-corrected chi connectivity index (χ3v) is 6.63. The summed E-state index contributed by atoms with van der Waals surface area (Å²) in [5.41, 5.74) is 2.12. The first-order chi connectivity index (χ1) is 17.0. The van der Waals surface area contributed by atoms with E-state index in [-0.39, 0.29) is 29.7 Å². The van der Waals surface area contributed by atoms with E-state index < -0.39 is 0 Å². The summed E-state index contributed by atoms with van der Waals surface area (Å²) in [7, 11) is 0. The lowest BCUT2D eigenvalue weighted by atomic mass is 9.82. The quantitative estimate of drug-likeness (QED) is 0.670. The smallest absolute Gasteiger partial charge is 0.236 e. The Morgan fingerprint density at radius 1 is 1.20 bits per heavy atom. The summed E-state index contributed by atoms with van der Waals surface area (Å²) in [4.78, 5) is 34.3. The van der Waals surface area contributed by atoms with Gasteiger partial charge < -0.3 is 15.0 Å². The van der Waals surface area contributed by atoms with E-state index in [1.54, 1.807) is 6.20 Å². The van der Waals surface area contributed by atoms with Crippen LogP contribution in [-0.2, 0) is 22.7 Å². The fourth-order valence-corrected chi connectivity index (χ4v) is 4.94. The third kappa shape index (κ3) is 7.15. The van der Waals surface area contributed by atoms with E-state index in [1.807, 2.05) is 61.4 Å². The number of ether oxygens (including phenoxy) is 1. The molecule has 0 spiro atoms. The van der Waals surface area contributed by atoms with Crippen LogP contribution in [-0.4, -0.2) is 58.9 Å². The molecule has 7 nitrogen and oxygen atoms in total. The van der Waals surface area contributed by atoms with Crippen LogP contribution in [0.25, 0.3) is 0 Å². The van der Waals surface area contributed by atoms with E-state index in [1.165, 1.54) is 0 Å². The number of para-hydroxylation sites is 1. The van der Waals surface area contributed by atoms with Gasteiger partial charge in [0.25, 0.3) is 0 Å². The number of carbonyl (C=O) groups is 2. The minimum Gasteiger partial charge on any atom is -0.489 e. The number of hydrogen-bond acceptors (Lipinski definition) is 5. The second-order valence-electron chi connectivity index (χ2n) is 9.83. The van der Waals surface area contributed by atoms with Gasteiger partial charge in [-0.2, -0.15) is 0 Å². The number of pyridine rings is 1. The molecule has 0 saturated carbocycles. The molecular weight excluding hydrogens is 440 g/mol. The topological polar surface area (TPSA) is 74.8 Å². The summed E-state index contributed by atoms with van der Waals surface area (Å²) in [6, 6.07) is 12.1. The number of piperidine rings is 1. The Hall–Kier alpha value is -3.19. The summed E-state index contributed by atoms with van der Waals surface area (Å²) in [6.45, 7) is 7.26. The van der Waals surface area contributed by atoms with E-state index >= 15 is 0 Å². The number of amides is 2. The van der Waals surface area contributed by atoms with Gasteiger partial charge in [0.2, 0.25) is 11.8 Å². The van der Waals surface area contributed by atoms with Gasteiger partial charge in [0.1, 0.15) is 12.4 Å². The average molecular weight is 477 g/mol. The summed E-state index contributed by atoms with van der Waals surface area (Å²) >= 11 is 0. The van der Waals surface area contributed by atoms with E-state index in [0.29, 0.717) is 45.8 Å². The van der Waals surface area contributed by atoms with Crippen LogP contribution in [0.4, 0.5) is 0 Å². The largest absolute Gasteiger partial charge is 0.489 e. The van der Waals surface area contributed by atoms with E-state index in [2.05, 4.69) is 27.3 Å². The van der Waals surface area contributed by atoms with Crippen molar-refractivity contribution < 1.29 is 14.3 Å². The number of benzene rings is 1. The molecule has 0 aliphatic carbocycles. The Morgan fingerprint density at radius 2 is 2.06 bits per heavy atom. The zero-order chi connectivity index (χ0) is 24.6. The van der Waals surface area contributed by atoms with Crippen molar-refractivity contribution in [3.8, 4) is 5.75 Å². The van der Waals surface area contributed by atoms with Crippen LogP contribution in [0.5, 0.6) is 5.75 Å². The van der Waals surface area contributed by atoms with Gasteiger partial charge in [-0.25, -0.2) is 0 Å². The molecule has 3 heterocycles. The predicted molar refractivity (Wildman–Crippen MR) is 136 cm³/mol. The van der Waals surface area contributed by atoms with Gasteiger partial charge in [-0.3, -0.25) is 19.5 Å². The highest BCUT2D eigenvalue weighted by molar-refractivity contribution is 5.79. The number of aromatic nitrogens is 1. The van der Waals surface area contributed by atoms with Crippen molar-refractivity contribution in [1.29, 1.82) is 0 Å². The van der Waals surface area contributed by atoms with Gasteiger partial charge in [-0.15, -0.1) is 0 Å². The van der Waals surface area contributed by atoms with Crippen molar-refractivity contribution in [3.05, 3.63) is 72.1 Å². The van der Waals surface area contributed by atoms with Crippen LogP contribution in [0.3, 0.4) is 0 Å². The van der Waals surface area contributed by atoms with Crippen LogP contribution >= 0.6 is 0 Å². The second-order valence-corrected chi connectivity index (χ2v) is 9.83. The fraction of sp³-hybridized carbons (Fsp3) is 0.464. The van der Waals surface area contributed by atoms with Crippen LogP contribution in [0.1, 0.15) is 37.8 Å². The standard InChI is InChI=1S/C28H36N4O3/c1-21(2)30-27(33)15-23-11-13-32-19-24(23)9-6-14-35-26-10-4-3-8-25(26)18-31(20-28(32)34)17-22-7-5-12-29-16-22/h3-10,12,16,21,23-24H,11,13-15,17-20H2,1-2H3,(H,30,33)/b9-6-/t23-,24-/m0/s1. The number of rotatable bonds is 5. The molecule has 1 saturated heterocycles. The van der Waals surface area contributed by atoms with Crippen LogP contribution in [0, 0.1) is 11.8 Å². The Balaban J connectivity index is 1.55. The SMILES string of the molecule is CC(C)NC(=O)C[C@@H]1CCN2C[C@@H]1/C=C\COc1ccccc1CN(Cc1cccnc1)CC2=O. The summed E-state index contributed by atoms with van der Waals surface area (Å²) in [5.74, 6) is 1.36. The molecule has 2 aliphatic heterocycles. The number of fused-ring (bicyclic) bond motifs is 3. The van der Waals surface area contributed by atoms with E-state index in [9.17, 15) is 9.59 Å². The molecule has 1 fully saturated rings. The monoisotopic (exact) mass is 476 g/mol. The van der Waals surface area contributed by atoms with Crippen LogP contribution < -0.4 is 10.1 Å². The highest BCUT2D eigenvalue weighted by Gasteiger charge is 2.32. The van der Waals surface area contributed by atoms with Crippen molar-refractivity contribution in [2.45, 2.75) is 45.8 Å². The summed E-state index contributed by atoms with van der Waals surface area (Å²) < 4.78 is 6.13. The first kappa shape index (κ1) is 24.9. The van der Waals surface area contributed by atoms with Crippen molar-refractivity contribution in [3.63, 3.8) is 0 Å². The third-order valence-electron chi connectivity index (χ3n) is 6.63. The molecule has 2 amide bonds. The fourth-order valence-electron chi connectivity index (χ4n) is 4.94. The van der Waals surface area contributed by atoms with E-state index in [0.717, 1.165) is 23.3 Å². The van der Waals surface area contributed by atoms with Crippen LogP contribution in [0.15, 0.2) is 60.9 Å². The van der Waals surface area contributed by atoms with Crippen molar-refractivity contribution in [1.82, 2.24) is 20.1 Å². The van der Waals surface area contributed by atoms with Gasteiger partial charge in [0.15, 0.2) is 0 Å². The molecule has 1 aromatic carbocycles. The molecule has 2 atom stereocenters. The number of carbonyl (C=O) groups excluding carboxylic acids is 2. The van der Waals surface area contributed by atoms with Gasteiger partial charge in [0.05, 0.1) is 6.54 Å². The molecule has 4 rings (SSSR count). The maximum absolute atomic E-state index is 13.4. The Bertz CT molecular complexity index is 1020. The number of nitrogens with one attached hydrogen (secondary N) is 1. The minimum absolute atomic E-state index is 0.0777. The number of nitrogens with zero attached hydrogens (tertiary/aromatic N) is 3. The lowest BCUT2D eigenvalue weighted by molar-refractivity contribution is -0.135. The molecule has 2 aromatic rings. The van der Waals surface area contributed by atoms with Crippen molar-refractivity contribution in [2.75, 3.05) is 26.2 Å². The van der Waals surface area contributed by atoms with Gasteiger partial charge in [-0.05, 0) is 49.8 Å². The van der Waals surface area contributed by atoms with Gasteiger partial charge >= 0.3 is 0 Å². The molecule has 35 heavy (non-hydrogen) atoms. The Labute approximate surface area is 208 Å².